The zero-order valence-electron chi connectivity index (χ0n) is 11.7. The van der Waals surface area contributed by atoms with E-state index in [0.29, 0.717) is 26.2 Å². The second kappa shape index (κ2) is 5.80. The Balaban J connectivity index is 2.13. The molecule has 0 saturated carbocycles. The fourth-order valence-corrected chi connectivity index (χ4v) is 3.13. The third-order valence-electron chi connectivity index (χ3n) is 3.26. The first-order chi connectivity index (χ1) is 9.38. The van der Waals surface area contributed by atoms with Gasteiger partial charge < -0.3 is 10.2 Å². The van der Waals surface area contributed by atoms with E-state index in [0.717, 1.165) is 11.4 Å². The van der Waals surface area contributed by atoms with E-state index < -0.39 is 10.0 Å². The summed E-state index contributed by atoms with van der Waals surface area (Å²) in [5.74, 6) is -0.118. The number of hydrogen-bond acceptors (Lipinski definition) is 4. The molecule has 1 N–H and O–H groups in total. The van der Waals surface area contributed by atoms with Crippen molar-refractivity contribution in [1.29, 1.82) is 0 Å². The quantitative estimate of drug-likeness (QED) is 0.893. The van der Waals surface area contributed by atoms with Crippen LogP contribution in [0.2, 0.25) is 0 Å². The van der Waals surface area contributed by atoms with Gasteiger partial charge in [0, 0.05) is 33.1 Å². The molecule has 7 heteroatoms. The first-order valence-electron chi connectivity index (χ1n) is 6.44. The summed E-state index contributed by atoms with van der Waals surface area (Å²) >= 11 is 0. The molecular formula is C13H19N3O3S. The molecule has 1 aromatic rings. The van der Waals surface area contributed by atoms with E-state index in [2.05, 4.69) is 10.2 Å². The highest BCUT2D eigenvalue weighted by Crippen LogP contribution is 2.26. The van der Waals surface area contributed by atoms with Gasteiger partial charge in [-0.15, -0.1) is 0 Å². The zero-order valence-corrected chi connectivity index (χ0v) is 12.5. The zero-order chi connectivity index (χ0) is 14.8. The summed E-state index contributed by atoms with van der Waals surface area (Å²) in [6.07, 6.45) is 1.23. The Kier molecular flexibility index (Phi) is 4.29. The van der Waals surface area contributed by atoms with Crippen molar-refractivity contribution in [1.82, 2.24) is 4.31 Å². The number of para-hydroxylation sites is 2. The fraction of sp³-hybridized carbons (Fsp3) is 0.462. The van der Waals surface area contributed by atoms with Crippen molar-refractivity contribution < 1.29 is 13.2 Å². The lowest BCUT2D eigenvalue weighted by Gasteiger charge is -2.35. The van der Waals surface area contributed by atoms with Crippen LogP contribution in [0.1, 0.15) is 6.92 Å². The van der Waals surface area contributed by atoms with Crippen LogP contribution in [-0.4, -0.2) is 51.1 Å². The van der Waals surface area contributed by atoms with Gasteiger partial charge >= 0.3 is 0 Å². The van der Waals surface area contributed by atoms with Crippen molar-refractivity contribution in [3.05, 3.63) is 24.3 Å². The molecule has 20 heavy (non-hydrogen) atoms. The van der Waals surface area contributed by atoms with E-state index in [-0.39, 0.29) is 5.91 Å². The summed E-state index contributed by atoms with van der Waals surface area (Å²) in [5.41, 5.74) is 1.68. The van der Waals surface area contributed by atoms with Gasteiger partial charge in [-0.1, -0.05) is 12.1 Å². The number of rotatable bonds is 3. The number of carbonyl (C=O) groups excluding carboxylic acids is 1. The summed E-state index contributed by atoms with van der Waals surface area (Å²) in [5, 5.41) is 2.80. The van der Waals surface area contributed by atoms with E-state index in [1.54, 1.807) is 0 Å². The Morgan fingerprint density at radius 1 is 1.15 bits per heavy atom. The standard InChI is InChI=1S/C13H19N3O3S/c1-11(17)14-12-5-3-4-6-13(12)15-7-9-16(10-8-15)20(2,18)19/h3-6H,7-10H2,1-2H3,(H,14,17). The summed E-state index contributed by atoms with van der Waals surface area (Å²) < 4.78 is 24.5. The maximum atomic E-state index is 11.5. The molecule has 0 atom stereocenters. The fourth-order valence-electron chi connectivity index (χ4n) is 2.31. The van der Waals surface area contributed by atoms with Crippen LogP contribution in [-0.2, 0) is 14.8 Å². The molecule has 1 aliphatic heterocycles. The monoisotopic (exact) mass is 297 g/mol. The molecule has 0 unspecified atom stereocenters. The van der Waals surface area contributed by atoms with Crippen molar-refractivity contribution in [2.45, 2.75) is 6.92 Å². The molecule has 1 heterocycles. The van der Waals surface area contributed by atoms with Crippen LogP contribution < -0.4 is 10.2 Å². The van der Waals surface area contributed by atoms with Crippen molar-refractivity contribution in [3.8, 4) is 0 Å². The minimum absolute atomic E-state index is 0.118. The van der Waals surface area contributed by atoms with Gasteiger partial charge in [0.2, 0.25) is 15.9 Å². The van der Waals surface area contributed by atoms with Crippen LogP contribution in [0.3, 0.4) is 0 Å². The molecule has 1 aromatic carbocycles. The highest BCUT2D eigenvalue weighted by atomic mass is 32.2. The lowest BCUT2D eigenvalue weighted by Crippen LogP contribution is -2.48. The molecule has 0 spiro atoms. The average Bonchev–Trinajstić information content (AvgIpc) is 2.38. The maximum absolute atomic E-state index is 11.5. The van der Waals surface area contributed by atoms with Crippen molar-refractivity contribution >= 4 is 27.3 Å². The van der Waals surface area contributed by atoms with Crippen molar-refractivity contribution in [2.24, 2.45) is 0 Å². The number of anilines is 2. The molecule has 0 bridgehead atoms. The van der Waals surface area contributed by atoms with Gasteiger partial charge in [-0.05, 0) is 12.1 Å². The van der Waals surface area contributed by atoms with Gasteiger partial charge in [-0.25, -0.2) is 8.42 Å². The third kappa shape index (κ3) is 3.49. The number of amides is 1. The van der Waals surface area contributed by atoms with Gasteiger partial charge in [0.1, 0.15) is 0 Å². The highest BCUT2D eigenvalue weighted by molar-refractivity contribution is 7.88. The number of hydrogen-bond donors (Lipinski definition) is 1. The summed E-state index contributed by atoms with van der Waals surface area (Å²) in [6, 6.07) is 7.55. The molecule has 0 radical (unpaired) electrons. The normalized spacial score (nSPS) is 17.0. The predicted octanol–water partition coefficient (Wildman–Crippen LogP) is 0.727. The van der Waals surface area contributed by atoms with Gasteiger partial charge in [-0.2, -0.15) is 4.31 Å². The van der Waals surface area contributed by atoms with E-state index >= 15 is 0 Å². The van der Waals surface area contributed by atoms with E-state index in [9.17, 15) is 13.2 Å². The third-order valence-corrected chi connectivity index (χ3v) is 4.57. The van der Waals surface area contributed by atoms with E-state index in [4.69, 9.17) is 0 Å². The SMILES string of the molecule is CC(=O)Nc1ccccc1N1CCN(S(C)(=O)=O)CC1. The minimum atomic E-state index is -3.12. The molecule has 1 fully saturated rings. The molecule has 2 rings (SSSR count). The van der Waals surface area contributed by atoms with Crippen LogP contribution >= 0.6 is 0 Å². The maximum Gasteiger partial charge on any atom is 0.221 e. The summed E-state index contributed by atoms with van der Waals surface area (Å²) in [4.78, 5) is 13.3. The van der Waals surface area contributed by atoms with Crippen LogP contribution in [0.25, 0.3) is 0 Å². The number of nitrogens with one attached hydrogen (secondary N) is 1. The second-order valence-corrected chi connectivity index (χ2v) is 6.83. The van der Waals surface area contributed by atoms with Gasteiger partial charge in [0.05, 0.1) is 17.6 Å². The number of nitrogens with zero attached hydrogens (tertiary/aromatic N) is 2. The van der Waals surface area contributed by atoms with Crippen LogP contribution in [0.15, 0.2) is 24.3 Å². The Bertz CT molecular complexity index is 593. The molecule has 1 saturated heterocycles. The largest absolute Gasteiger partial charge is 0.367 e. The van der Waals surface area contributed by atoms with Crippen LogP contribution in [0.5, 0.6) is 0 Å². The Morgan fingerprint density at radius 3 is 2.30 bits per heavy atom. The lowest BCUT2D eigenvalue weighted by molar-refractivity contribution is -0.114. The molecule has 1 aliphatic rings. The Labute approximate surface area is 119 Å². The van der Waals surface area contributed by atoms with Crippen LogP contribution in [0, 0.1) is 0 Å². The van der Waals surface area contributed by atoms with Crippen molar-refractivity contribution in [2.75, 3.05) is 42.7 Å². The van der Waals surface area contributed by atoms with E-state index in [1.165, 1.54) is 17.5 Å². The van der Waals surface area contributed by atoms with E-state index in [1.807, 2.05) is 24.3 Å². The number of benzene rings is 1. The molecule has 0 aromatic heterocycles. The van der Waals surface area contributed by atoms with Gasteiger partial charge in [-0.3, -0.25) is 4.79 Å². The molecule has 0 aliphatic carbocycles. The summed E-state index contributed by atoms with van der Waals surface area (Å²) in [6.45, 7) is 3.63. The number of piperazine rings is 1. The van der Waals surface area contributed by atoms with Gasteiger partial charge in [0.25, 0.3) is 0 Å². The Hall–Kier alpha value is -1.60. The highest BCUT2D eigenvalue weighted by Gasteiger charge is 2.24. The Morgan fingerprint density at radius 2 is 1.75 bits per heavy atom. The van der Waals surface area contributed by atoms with Gasteiger partial charge in [0.15, 0.2) is 0 Å². The summed E-state index contributed by atoms with van der Waals surface area (Å²) in [7, 11) is -3.12. The lowest BCUT2D eigenvalue weighted by atomic mass is 10.2. The molecule has 110 valence electrons. The minimum Gasteiger partial charge on any atom is -0.367 e. The molecular weight excluding hydrogens is 278 g/mol. The number of sulfonamides is 1. The number of carbonyl (C=O) groups is 1. The first kappa shape index (κ1) is 14.8. The topological polar surface area (TPSA) is 69.7 Å². The van der Waals surface area contributed by atoms with Crippen molar-refractivity contribution in [3.63, 3.8) is 0 Å². The smallest absolute Gasteiger partial charge is 0.221 e. The average molecular weight is 297 g/mol. The predicted molar refractivity (Wildman–Crippen MR) is 79.4 cm³/mol. The second-order valence-electron chi connectivity index (χ2n) is 4.85. The molecule has 6 nitrogen and oxygen atoms in total. The molecule has 1 amide bonds. The van der Waals surface area contributed by atoms with Crippen LogP contribution in [0.4, 0.5) is 11.4 Å². The first-order valence-corrected chi connectivity index (χ1v) is 8.29.